The first-order valence-corrected chi connectivity index (χ1v) is 7.41. The van der Waals surface area contributed by atoms with Crippen molar-refractivity contribution in [3.05, 3.63) is 0 Å². The van der Waals surface area contributed by atoms with Crippen LogP contribution in [0.25, 0.3) is 0 Å². The lowest BCUT2D eigenvalue weighted by Crippen LogP contribution is -2.26. The van der Waals surface area contributed by atoms with Gasteiger partial charge in [-0.15, -0.1) is 9.24 Å². The molecule has 3 heteroatoms. The fourth-order valence-electron chi connectivity index (χ4n) is 1.94. The van der Waals surface area contributed by atoms with E-state index in [4.69, 9.17) is 4.74 Å². The maximum absolute atomic E-state index is 6.05. The summed E-state index contributed by atoms with van der Waals surface area (Å²) in [6.45, 7) is 14.6. The van der Waals surface area contributed by atoms with Crippen molar-refractivity contribution >= 4 is 17.8 Å². The normalized spacial score (nSPS) is 33.4. The van der Waals surface area contributed by atoms with Crippen molar-refractivity contribution in [1.82, 2.24) is 0 Å². The Bertz CT molecular complexity index is 227. The second-order valence-corrected chi connectivity index (χ2v) is 10.1. The third-order valence-corrected chi connectivity index (χ3v) is 5.60. The molecule has 0 aliphatic carbocycles. The second-order valence-electron chi connectivity index (χ2n) is 6.64. The van der Waals surface area contributed by atoms with Crippen LogP contribution in [0.5, 0.6) is 0 Å². The molecule has 0 aromatic carbocycles. The zero-order chi connectivity index (χ0) is 11.9. The molecule has 0 aromatic heterocycles. The Morgan fingerprint density at radius 1 is 1.27 bits per heavy atom. The monoisotopic (exact) mass is 248 g/mol. The van der Waals surface area contributed by atoms with Gasteiger partial charge in [0.05, 0.1) is 5.34 Å². The molecule has 4 unspecified atom stereocenters. The van der Waals surface area contributed by atoms with Crippen molar-refractivity contribution in [1.29, 1.82) is 0 Å². The molecular formula is C12H26OP2. The summed E-state index contributed by atoms with van der Waals surface area (Å²) in [7, 11) is 3.87. The summed E-state index contributed by atoms with van der Waals surface area (Å²) in [5.74, 6) is 0. The van der Waals surface area contributed by atoms with Gasteiger partial charge < -0.3 is 4.74 Å². The lowest BCUT2D eigenvalue weighted by atomic mass is 9.89. The summed E-state index contributed by atoms with van der Waals surface area (Å²) >= 11 is 0. The van der Waals surface area contributed by atoms with Gasteiger partial charge in [0, 0.05) is 12.3 Å². The highest BCUT2D eigenvalue weighted by atomic mass is 31.1. The first-order chi connectivity index (χ1) is 6.55. The van der Waals surface area contributed by atoms with Crippen LogP contribution >= 0.6 is 17.8 Å². The average molecular weight is 248 g/mol. The van der Waals surface area contributed by atoms with Gasteiger partial charge >= 0.3 is 0 Å². The third kappa shape index (κ3) is 4.29. The third-order valence-electron chi connectivity index (χ3n) is 2.91. The highest BCUT2D eigenvalue weighted by molar-refractivity contribution is 7.50. The molecule has 0 radical (unpaired) electrons. The maximum atomic E-state index is 6.05. The highest BCUT2D eigenvalue weighted by Crippen LogP contribution is 2.67. The van der Waals surface area contributed by atoms with E-state index in [9.17, 15) is 0 Å². The molecule has 4 atom stereocenters. The summed E-state index contributed by atoms with van der Waals surface area (Å²) in [4.78, 5) is 0. The van der Waals surface area contributed by atoms with E-state index in [0.717, 1.165) is 27.3 Å². The van der Waals surface area contributed by atoms with Crippen molar-refractivity contribution in [2.45, 2.75) is 64.1 Å². The minimum atomic E-state index is 0.189. The lowest BCUT2D eigenvalue weighted by molar-refractivity contribution is 0.0420. The van der Waals surface area contributed by atoms with E-state index in [2.05, 4.69) is 50.8 Å². The van der Waals surface area contributed by atoms with Crippen LogP contribution < -0.4 is 0 Å². The fraction of sp³-hybridized carbons (Fsp3) is 1.00. The number of ether oxygens (including phenoxy) is 1. The van der Waals surface area contributed by atoms with Crippen LogP contribution in [0.2, 0.25) is 0 Å². The summed E-state index contributed by atoms with van der Waals surface area (Å²) < 4.78 is 6.05. The first-order valence-electron chi connectivity index (χ1n) is 5.75. The quantitative estimate of drug-likeness (QED) is 0.686. The van der Waals surface area contributed by atoms with Gasteiger partial charge in [0.1, 0.15) is 0 Å². The van der Waals surface area contributed by atoms with Crippen LogP contribution in [0.1, 0.15) is 48.0 Å². The molecule has 1 rings (SSSR count). The van der Waals surface area contributed by atoms with Gasteiger partial charge in [-0.05, 0) is 23.9 Å². The molecule has 0 bridgehead atoms. The van der Waals surface area contributed by atoms with Crippen molar-refractivity contribution < 1.29 is 4.74 Å². The predicted molar refractivity (Wildman–Crippen MR) is 74.3 cm³/mol. The standard InChI is InChI=1S/C12H26OP2/c1-10(2,3)9-12(6,15-9)13-8-7-11(4,5)14/h9,15H,7-8,14H2,1-6H3. The number of hydrogen-bond acceptors (Lipinski definition) is 1. The lowest BCUT2D eigenvalue weighted by Gasteiger charge is -2.23. The highest BCUT2D eigenvalue weighted by Gasteiger charge is 2.56. The summed E-state index contributed by atoms with van der Waals surface area (Å²) in [6.07, 6.45) is 1.12. The van der Waals surface area contributed by atoms with Crippen LogP contribution in [-0.2, 0) is 4.74 Å². The summed E-state index contributed by atoms with van der Waals surface area (Å²) in [5, 5.41) is 0.500. The molecule has 1 aliphatic rings. The van der Waals surface area contributed by atoms with Crippen LogP contribution in [-0.4, -0.2) is 22.8 Å². The zero-order valence-corrected chi connectivity index (χ0v) is 13.1. The van der Waals surface area contributed by atoms with E-state index >= 15 is 0 Å². The molecule has 90 valence electrons. The molecule has 0 amide bonds. The van der Waals surface area contributed by atoms with Gasteiger partial charge in [-0.3, -0.25) is 0 Å². The average Bonchev–Trinajstić information content (AvgIpc) is 2.58. The Kier molecular flexibility index (Phi) is 3.93. The second kappa shape index (κ2) is 4.25. The molecule has 1 nitrogen and oxygen atoms in total. The van der Waals surface area contributed by atoms with Crippen LogP contribution in [0.15, 0.2) is 0 Å². The van der Waals surface area contributed by atoms with Gasteiger partial charge in [0.15, 0.2) is 0 Å². The summed E-state index contributed by atoms with van der Waals surface area (Å²) in [6, 6.07) is 0. The van der Waals surface area contributed by atoms with Crippen molar-refractivity contribution in [3.8, 4) is 0 Å². The van der Waals surface area contributed by atoms with E-state index in [1.165, 1.54) is 0 Å². The Balaban J connectivity index is 2.30. The van der Waals surface area contributed by atoms with Crippen LogP contribution in [0, 0.1) is 5.41 Å². The van der Waals surface area contributed by atoms with E-state index < -0.39 is 0 Å². The largest absolute Gasteiger partial charge is 0.370 e. The molecule has 1 saturated heterocycles. The van der Waals surface area contributed by atoms with Crippen LogP contribution in [0.4, 0.5) is 0 Å². The van der Waals surface area contributed by atoms with E-state index in [1.807, 2.05) is 0 Å². The SMILES string of the molecule is CC(C)(P)CCOC1(C)PC1C(C)(C)C. The zero-order valence-electron chi connectivity index (χ0n) is 11.0. The Morgan fingerprint density at radius 3 is 2.13 bits per heavy atom. The van der Waals surface area contributed by atoms with Crippen molar-refractivity contribution in [3.63, 3.8) is 0 Å². The molecule has 1 fully saturated rings. The molecule has 0 N–H and O–H groups in total. The Labute approximate surface area is 99.1 Å². The molecule has 0 saturated carbocycles. The Hall–Kier alpha value is 0.820. The molecule has 15 heavy (non-hydrogen) atoms. The fourth-order valence-corrected chi connectivity index (χ4v) is 3.68. The Morgan fingerprint density at radius 2 is 1.80 bits per heavy atom. The van der Waals surface area contributed by atoms with E-state index in [1.54, 1.807) is 0 Å². The number of rotatable bonds is 4. The maximum Gasteiger partial charge on any atom is 0.0887 e. The van der Waals surface area contributed by atoms with Gasteiger partial charge in [-0.2, -0.15) is 0 Å². The van der Waals surface area contributed by atoms with Crippen molar-refractivity contribution in [2.75, 3.05) is 6.61 Å². The number of hydrogen-bond donors (Lipinski definition) is 0. The molecule has 1 aliphatic heterocycles. The van der Waals surface area contributed by atoms with Gasteiger partial charge in [-0.25, -0.2) is 0 Å². The van der Waals surface area contributed by atoms with E-state index in [0.29, 0.717) is 10.6 Å². The van der Waals surface area contributed by atoms with Crippen molar-refractivity contribution in [2.24, 2.45) is 5.41 Å². The van der Waals surface area contributed by atoms with Gasteiger partial charge in [0.2, 0.25) is 0 Å². The molecule has 0 aromatic rings. The van der Waals surface area contributed by atoms with Gasteiger partial charge in [0.25, 0.3) is 0 Å². The molecule has 0 spiro atoms. The predicted octanol–water partition coefficient (Wildman–Crippen LogP) is 3.87. The summed E-state index contributed by atoms with van der Waals surface area (Å²) in [5.41, 5.74) is 1.17. The molecular weight excluding hydrogens is 222 g/mol. The minimum absolute atomic E-state index is 0.189. The topological polar surface area (TPSA) is 9.23 Å². The van der Waals surface area contributed by atoms with Crippen LogP contribution in [0.3, 0.4) is 0 Å². The smallest absolute Gasteiger partial charge is 0.0887 e. The molecule has 1 heterocycles. The first kappa shape index (κ1) is 13.9. The van der Waals surface area contributed by atoms with Gasteiger partial charge in [-0.1, -0.05) is 43.2 Å². The minimum Gasteiger partial charge on any atom is -0.370 e. The van der Waals surface area contributed by atoms with E-state index in [-0.39, 0.29) is 5.34 Å².